The van der Waals surface area contributed by atoms with Crippen LogP contribution in [0.25, 0.3) is 22.2 Å². The Bertz CT molecular complexity index is 1100. The van der Waals surface area contributed by atoms with Crippen molar-refractivity contribution in [3.8, 4) is 17.1 Å². The van der Waals surface area contributed by atoms with Gasteiger partial charge < -0.3 is 14.6 Å². The number of nitrogens with one attached hydrogen (secondary N) is 2. The van der Waals surface area contributed by atoms with Crippen LogP contribution in [0.4, 0.5) is 0 Å². The first-order chi connectivity index (χ1) is 13.1. The summed E-state index contributed by atoms with van der Waals surface area (Å²) in [6.45, 7) is 1.90. The zero-order chi connectivity index (χ0) is 18.8. The van der Waals surface area contributed by atoms with Crippen molar-refractivity contribution >= 4 is 16.8 Å². The van der Waals surface area contributed by atoms with E-state index in [1.54, 1.807) is 19.4 Å². The number of carbonyl (C=O) groups excluding carboxylic acids is 1. The van der Waals surface area contributed by atoms with Crippen LogP contribution in [0.3, 0.4) is 0 Å². The zero-order valence-electron chi connectivity index (χ0n) is 14.9. The Morgan fingerprint density at radius 3 is 2.96 bits per heavy atom. The van der Waals surface area contributed by atoms with Crippen molar-refractivity contribution < 1.29 is 14.1 Å². The summed E-state index contributed by atoms with van der Waals surface area (Å²) in [5.74, 6) is 0.967. The van der Waals surface area contributed by atoms with Gasteiger partial charge in [-0.2, -0.15) is 5.10 Å². The van der Waals surface area contributed by atoms with Crippen molar-refractivity contribution in [2.24, 2.45) is 0 Å². The van der Waals surface area contributed by atoms with E-state index in [-0.39, 0.29) is 17.6 Å². The lowest BCUT2D eigenvalue weighted by Crippen LogP contribution is -2.26. The number of ether oxygens (including phenoxy) is 1. The number of aromatic nitrogens is 3. The Morgan fingerprint density at radius 2 is 2.11 bits per heavy atom. The maximum absolute atomic E-state index is 12.5. The number of amides is 1. The molecular weight excluding hydrogens is 344 g/mol. The van der Waals surface area contributed by atoms with Crippen LogP contribution in [0, 0.1) is 0 Å². The summed E-state index contributed by atoms with van der Waals surface area (Å²) in [7, 11) is 1.61. The Labute approximate surface area is 155 Å². The largest absolute Gasteiger partial charge is 0.497 e. The number of benzene rings is 2. The lowest BCUT2D eigenvalue weighted by Gasteiger charge is -2.14. The Kier molecular flexibility index (Phi) is 4.33. The van der Waals surface area contributed by atoms with Gasteiger partial charge in [0.1, 0.15) is 5.75 Å². The van der Waals surface area contributed by atoms with Crippen LogP contribution in [-0.2, 0) is 0 Å². The molecule has 4 aromatic rings. The number of H-pyrrole nitrogens is 1. The van der Waals surface area contributed by atoms with Crippen molar-refractivity contribution in [1.82, 2.24) is 20.7 Å². The van der Waals surface area contributed by atoms with Gasteiger partial charge in [0, 0.05) is 17.0 Å². The molecule has 27 heavy (non-hydrogen) atoms. The number of nitrogens with zero attached hydrogens (tertiary/aromatic N) is 2. The number of hydrogen-bond acceptors (Lipinski definition) is 5. The third-order valence-electron chi connectivity index (χ3n) is 4.41. The van der Waals surface area contributed by atoms with Crippen molar-refractivity contribution in [3.05, 3.63) is 66.0 Å². The fourth-order valence-corrected chi connectivity index (χ4v) is 2.88. The van der Waals surface area contributed by atoms with Crippen LogP contribution in [0.1, 0.15) is 29.0 Å². The van der Waals surface area contributed by atoms with E-state index in [9.17, 15) is 4.79 Å². The van der Waals surface area contributed by atoms with Crippen molar-refractivity contribution in [2.45, 2.75) is 13.0 Å². The first-order valence-corrected chi connectivity index (χ1v) is 8.49. The van der Waals surface area contributed by atoms with Gasteiger partial charge in [-0.15, -0.1) is 0 Å². The van der Waals surface area contributed by atoms with Gasteiger partial charge in [-0.1, -0.05) is 17.3 Å². The molecule has 0 aliphatic carbocycles. The second-order valence-electron chi connectivity index (χ2n) is 6.22. The van der Waals surface area contributed by atoms with E-state index in [0.29, 0.717) is 5.76 Å². The summed E-state index contributed by atoms with van der Waals surface area (Å²) < 4.78 is 10.6. The standard InChI is InChI=1S/C20H18N4O3/c1-12(13-4-3-5-16(9-13)26-2)22-20(25)18-10-19(27-24-18)14-6-7-17-15(8-14)11-21-23-17/h3-12H,1-2H3,(H,21,23)(H,22,25)/t12-/m1/s1. The number of methoxy groups -OCH3 is 1. The average Bonchev–Trinajstić information content (AvgIpc) is 3.36. The van der Waals surface area contributed by atoms with E-state index < -0.39 is 0 Å². The molecule has 7 nitrogen and oxygen atoms in total. The molecule has 2 aromatic heterocycles. The number of hydrogen-bond donors (Lipinski definition) is 2. The molecule has 2 heterocycles. The second-order valence-corrected chi connectivity index (χ2v) is 6.22. The molecule has 2 N–H and O–H groups in total. The van der Waals surface area contributed by atoms with Crippen LogP contribution >= 0.6 is 0 Å². The molecule has 0 fully saturated rings. The normalized spacial score (nSPS) is 12.1. The number of rotatable bonds is 5. The van der Waals surface area contributed by atoms with Crippen LogP contribution in [0.15, 0.2) is 59.3 Å². The van der Waals surface area contributed by atoms with E-state index in [0.717, 1.165) is 27.8 Å². The molecule has 0 aliphatic rings. The highest BCUT2D eigenvalue weighted by Crippen LogP contribution is 2.25. The molecule has 4 rings (SSSR count). The lowest BCUT2D eigenvalue weighted by molar-refractivity contribution is 0.0930. The van der Waals surface area contributed by atoms with Crippen molar-refractivity contribution in [3.63, 3.8) is 0 Å². The zero-order valence-corrected chi connectivity index (χ0v) is 14.9. The predicted molar refractivity (Wildman–Crippen MR) is 100 cm³/mol. The predicted octanol–water partition coefficient (Wildman–Crippen LogP) is 3.72. The smallest absolute Gasteiger partial charge is 0.273 e. The molecule has 136 valence electrons. The maximum Gasteiger partial charge on any atom is 0.273 e. The minimum atomic E-state index is -0.301. The lowest BCUT2D eigenvalue weighted by atomic mass is 10.1. The SMILES string of the molecule is COc1cccc([C@@H](C)NC(=O)c2cc(-c3ccc4[nH]ncc4c3)on2)c1. The minimum absolute atomic E-state index is 0.199. The van der Waals surface area contributed by atoms with Crippen LogP contribution < -0.4 is 10.1 Å². The minimum Gasteiger partial charge on any atom is -0.497 e. The van der Waals surface area contributed by atoms with Gasteiger partial charge in [0.2, 0.25) is 0 Å². The highest BCUT2D eigenvalue weighted by Gasteiger charge is 2.17. The Balaban J connectivity index is 1.51. The third-order valence-corrected chi connectivity index (χ3v) is 4.41. The maximum atomic E-state index is 12.5. The summed E-state index contributed by atoms with van der Waals surface area (Å²) in [6, 6.07) is 14.7. The van der Waals surface area contributed by atoms with Crippen molar-refractivity contribution in [2.75, 3.05) is 7.11 Å². The fraction of sp³-hybridized carbons (Fsp3) is 0.150. The number of carbonyl (C=O) groups is 1. The first kappa shape index (κ1) is 16.8. The summed E-state index contributed by atoms with van der Waals surface area (Å²) in [5.41, 5.74) is 2.93. The van der Waals surface area contributed by atoms with Gasteiger partial charge in [-0.25, -0.2) is 0 Å². The van der Waals surface area contributed by atoms with Crippen molar-refractivity contribution in [1.29, 1.82) is 0 Å². The van der Waals surface area contributed by atoms with E-state index >= 15 is 0 Å². The van der Waals surface area contributed by atoms with E-state index in [1.807, 2.05) is 49.4 Å². The van der Waals surface area contributed by atoms with Gasteiger partial charge in [0.05, 0.1) is 24.9 Å². The van der Waals surface area contributed by atoms with Crippen LogP contribution in [0.5, 0.6) is 5.75 Å². The second kappa shape index (κ2) is 6.95. The van der Waals surface area contributed by atoms with Gasteiger partial charge in [0.15, 0.2) is 11.5 Å². The molecule has 0 unspecified atom stereocenters. The summed E-state index contributed by atoms with van der Waals surface area (Å²) in [4.78, 5) is 12.5. The Morgan fingerprint density at radius 1 is 1.22 bits per heavy atom. The molecule has 2 aromatic carbocycles. The monoisotopic (exact) mass is 362 g/mol. The first-order valence-electron chi connectivity index (χ1n) is 8.49. The molecule has 0 saturated carbocycles. The topological polar surface area (TPSA) is 93.0 Å². The summed E-state index contributed by atoms with van der Waals surface area (Å²) >= 11 is 0. The van der Waals surface area contributed by atoms with E-state index in [2.05, 4.69) is 20.7 Å². The van der Waals surface area contributed by atoms with Gasteiger partial charge in [0.25, 0.3) is 5.91 Å². The fourth-order valence-electron chi connectivity index (χ4n) is 2.88. The van der Waals surface area contributed by atoms with E-state index in [1.165, 1.54) is 0 Å². The van der Waals surface area contributed by atoms with Gasteiger partial charge >= 0.3 is 0 Å². The Hall–Kier alpha value is -3.61. The molecule has 0 saturated heterocycles. The average molecular weight is 362 g/mol. The molecule has 7 heteroatoms. The summed E-state index contributed by atoms with van der Waals surface area (Å²) in [6.07, 6.45) is 1.73. The van der Waals surface area contributed by atoms with Gasteiger partial charge in [-0.3, -0.25) is 9.89 Å². The molecule has 0 aliphatic heterocycles. The molecule has 1 amide bonds. The number of aromatic amines is 1. The summed E-state index contributed by atoms with van der Waals surface area (Å²) in [5, 5.41) is 14.7. The highest BCUT2D eigenvalue weighted by molar-refractivity contribution is 5.93. The molecule has 1 atom stereocenters. The molecule has 0 bridgehead atoms. The van der Waals surface area contributed by atoms with Crippen LogP contribution in [0.2, 0.25) is 0 Å². The quantitative estimate of drug-likeness (QED) is 0.564. The molecular formula is C20H18N4O3. The highest BCUT2D eigenvalue weighted by atomic mass is 16.5. The van der Waals surface area contributed by atoms with E-state index in [4.69, 9.17) is 9.26 Å². The third kappa shape index (κ3) is 3.39. The molecule has 0 spiro atoms. The number of fused-ring (bicyclic) bond motifs is 1. The van der Waals surface area contributed by atoms with Gasteiger partial charge in [-0.05, 0) is 42.8 Å². The molecule has 0 radical (unpaired) electrons. The van der Waals surface area contributed by atoms with Crippen LogP contribution in [-0.4, -0.2) is 28.4 Å².